The molecule has 3 rings (SSSR count). The molecule has 0 N–H and O–H groups in total. The fourth-order valence-electron chi connectivity index (χ4n) is 2.71. The molecule has 4 nitrogen and oxygen atoms in total. The smallest absolute Gasteiger partial charge is 0.152 e. The van der Waals surface area contributed by atoms with Gasteiger partial charge in [-0.3, -0.25) is 0 Å². The highest BCUT2D eigenvalue weighted by molar-refractivity contribution is 9.10. The van der Waals surface area contributed by atoms with E-state index < -0.39 is 0 Å². The fraction of sp³-hybridized carbons (Fsp3) is 0.429. The summed E-state index contributed by atoms with van der Waals surface area (Å²) < 4.78 is 3.31. The van der Waals surface area contributed by atoms with Crippen LogP contribution in [0.3, 0.4) is 0 Å². The summed E-state index contributed by atoms with van der Waals surface area (Å²) in [6.45, 7) is 6.95. The molecule has 0 radical (unpaired) electrons. The molecule has 2 aromatic rings. The summed E-state index contributed by atoms with van der Waals surface area (Å²) in [6, 6.07) is 6.51. The Morgan fingerprint density at radius 1 is 1.32 bits per heavy atom. The number of nitrogens with zero attached hydrogens (tertiary/aromatic N) is 4. The standard InChI is InChI=1S/C14H17BrN4/c1-3-19-10(2)16-17-14(19)9-18-7-6-11-4-5-12(15)8-13(11)18/h4-5,8H,3,6-7,9H2,1-2H3. The summed E-state index contributed by atoms with van der Waals surface area (Å²) in [5, 5.41) is 8.49. The van der Waals surface area contributed by atoms with Gasteiger partial charge in [-0.05, 0) is 38.0 Å². The lowest BCUT2D eigenvalue weighted by Crippen LogP contribution is -2.22. The minimum Gasteiger partial charge on any atom is -0.363 e. The maximum Gasteiger partial charge on any atom is 0.152 e. The second kappa shape index (κ2) is 4.96. The average molecular weight is 321 g/mol. The summed E-state index contributed by atoms with van der Waals surface area (Å²) in [6.07, 6.45) is 1.11. The van der Waals surface area contributed by atoms with Crippen molar-refractivity contribution < 1.29 is 0 Å². The first-order valence-corrected chi connectivity index (χ1v) is 7.40. The lowest BCUT2D eigenvalue weighted by atomic mass is 10.2. The quantitative estimate of drug-likeness (QED) is 0.872. The van der Waals surface area contributed by atoms with E-state index in [1.165, 1.54) is 11.3 Å². The second-order valence-electron chi connectivity index (χ2n) is 4.85. The Bertz CT molecular complexity index is 605. The minimum absolute atomic E-state index is 0.831. The molecule has 1 aromatic heterocycles. The molecule has 1 aliphatic heterocycles. The first kappa shape index (κ1) is 12.7. The maximum atomic E-state index is 4.30. The molecular formula is C14H17BrN4. The topological polar surface area (TPSA) is 34.0 Å². The summed E-state index contributed by atoms with van der Waals surface area (Å²) >= 11 is 3.55. The van der Waals surface area contributed by atoms with E-state index in [0.29, 0.717) is 0 Å². The van der Waals surface area contributed by atoms with Crippen LogP contribution in [0.2, 0.25) is 0 Å². The molecule has 0 unspecified atom stereocenters. The Hall–Kier alpha value is -1.36. The van der Waals surface area contributed by atoms with E-state index in [1.54, 1.807) is 0 Å². The van der Waals surface area contributed by atoms with Crippen LogP contribution >= 0.6 is 15.9 Å². The zero-order valence-electron chi connectivity index (χ0n) is 11.2. The van der Waals surface area contributed by atoms with Gasteiger partial charge in [0, 0.05) is 23.2 Å². The summed E-state index contributed by atoms with van der Waals surface area (Å²) in [7, 11) is 0. The van der Waals surface area contributed by atoms with Gasteiger partial charge in [0.2, 0.25) is 0 Å². The number of halogens is 1. The van der Waals surface area contributed by atoms with E-state index in [1.807, 2.05) is 6.92 Å². The molecule has 0 amide bonds. The largest absolute Gasteiger partial charge is 0.363 e. The van der Waals surface area contributed by atoms with Crippen LogP contribution in [0.15, 0.2) is 22.7 Å². The van der Waals surface area contributed by atoms with Crippen LogP contribution in [-0.4, -0.2) is 21.3 Å². The predicted molar refractivity (Wildman–Crippen MR) is 79.3 cm³/mol. The molecule has 5 heteroatoms. The summed E-state index contributed by atoms with van der Waals surface area (Å²) in [4.78, 5) is 2.38. The molecule has 0 fully saturated rings. The Balaban J connectivity index is 1.88. The summed E-state index contributed by atoms with van der Waals surface area (Å²) in [5.41, 5.74) is 2.74. The molecule has 0 atom stereocenters. The van der Waals surface area contributed by atoms with Crippen molar-refractivity contribution in [1.82, 2.24) is 14.8 Å². The van der Waals surface area contributed by atoms with Crippen molar-refractivity contribution in [2.24, 2.45) is 0 Å². The number of hydrogen-bond acceptors (Lipinski definition) is 3. The number of aromatic nitrogens is 3. The Labute approximate surface area is 121 Å². The third kappa shape index (κ3) is 2.27. The van der Waals surface area contributed by atoms with Gasteiger partial charge in [0.05, 0.1) is 6.54 Å². The van der Waals surface area contributed by atoms with E-state index in [2.05, 4.69) is 60.7 Å². The number of fused-ring (bicyclic) bond motifs is 1. The molecule has 0 saturated heterocycles. The van der Waals surface area contributed by atoms with Gasteiger partial charge in [0.25, 0.3) is 0 Å². The highest BCUT2D eigenvalue weighted by atomic mass is 79.9. The van der Waals surface area contributed by atoms with Crippen molar-refractivity contribution in [2.45, 2.75) is 33.4 Å². The van der Waals surface area contributed by atoms with Crippen molar-refractivity contribution in [1.29, 1.82) is 0 Å². The molecule has 2 heterocycles. The Morgan fingerprint density at radius 2 is 2.16 bits per heavy atom. The highest BCUT2D eigenvalue weighted by Crippen LogP contribution is 2.31. The maximum absolute atomic E-state index is 4.30. The Morgan fingerprint density at radius 3 is 2.95 bits per heavy atom. The summed E-state index contributed by atoms with van der Waals surface area (Å²) in [5.74, 6) is 2.04. The molecule has 0 aliphatic carbocycles. The predicted octanol–water partition coefficient (Wildman–Crippen LogP) is 2.93. The highest BCUT2D eigenvalue weighted by Gasteiger charge is 2.21. The number of aryl methyl sites for hydroxylation is 1. The van der Waals surface area contributed by atoms with Gasteiger partial charge in [0.1, 0.15) is 5.82 Å². The van der Waals surface area contributed by atoms with Crippen molar-refractivity contribution >= 4 is 21.6 Å². The number of anilines is 1. The van der Waals surface area contributed by atoms with Gasteiger partial charge in [-0.1, -0.05) is 22.0 Å². The minimum atomic E-state index is 0.831. The van der Waals surface area contributed by atoms with Crippen LogP contribution < -0.4 is 4.90 Å². The van der Waals surface area contributed by atoms with Crippen molar-refractivity contribution in [3.05, 3.63) is 39.9 Å². The molecule has 0 saturated carbocycles. The monoisotopic (exact) mass is 320 g/mol. The lowest BCUT2D eigenvalue weighted by molar-refractivity contribution is 0.660. The number of benzene rings is 1. The third-order valence-corrected chi connectivity index (χ3v) is 4.19. The average Bonchev–Trinajstić information content (AvgIpc) is 2.94. The van der Waals surface area contributed by atoms with Crippen LogP contribution in [0.5, 0.6) is 0 Å². The normalized spacial score (nSPS) is 13.9. The molecule has 19 heavy (non-hydrogen) atoms. The van der Waals surface area contributed by atoms with Crippen LogP contribution in [-0.2, 0) is 19.5 Å². The van der Waals surface area contributed by atoms with Crippen molar-refractivity contribution in [2.75, 3.05) is 11.4 Å². The first-order chi connectivity index (χ1) is 9.19. The first-order valence-electron chi connectivity index (χ1n) is 6.61. The van der Waals surface area contributed by atoms with Crippen molar-refractivity contribution in [3.8, 4) is 0 Å². The molecule has 1 aromatic carbocycles. The molecule has 1 aliphatic rings. The Kier molecular flexibility index (Phi) is 3.31. The SMILES string of the molecule is CCn1c(C)nnc1CN1CCc2ccc(Br)cc21. The van der Waals surface area contributed by atoms with Gasteiger partial charge in [-0.15, -0.1) is 10.2 Å². The van der Waals surface area contributed by atoms with Crippen LogP contribution in [0.4, 0.5) is 5.69 Å². The van der Waals surface area contributed by atoms with Crippen LogP contribution in [0.1, 0.15) is 24.1 Å². The van der Waals surface area contributed by atoms with Crippen molar-refractivity contribution in [3.63, 3.8) is 0 Å². The van der Waals surface area contributed by atoms with E-state index in [4.69, 9.17) is 0 Å². The zero-order chi connectivity index (χ0) is 13.4. The number of rotatable bonds is 3. The van der Waals surface area contributed by atoms with Crippen LogP contribution in [0, 0.1) is 6.92 Å². The van der Waals surface area contributed by atoms with Crippen LogP contribution in [0.25, 0.3) is 0 Å². The molecule has 100 valence electrons. The fourth-order valence-corrected chi connectivity index (χ4v) is 3.06. The van der Waals surface area contributed by atoms with E-state index in [-0.39, 0.29) is 0 Å². The number of hydrogen-bond donors (Lipinski definition) is 0. The van der Waals surface area contributed by atoms with E-state index in [0.717, 1.165) is 42.2 Å². The molecule has 0 spiro atoms. The van der Waals surface area contributed by atoms with Gasteiger partial charge < -0.3 is 9.47 Å². The van der Waals surface area contributed by atoms with Gasteiger partial charge in [-0.25, -0.2) is 0 Å². The van der Waals surface area contributed by atoms with E-state index >= 15 is 0 Å². The van der Waals surface area contributed by atoms with E-state index in [9.17, 15) is 0 Å². The lowest BCUT2D eigenvalue weighted by Gasteiger charge is -2.19. The van der Waals surface area contributed by atoms with Gasteiger partial charge in [0.15, 0.2) is 5.82 Å². The second-order valence-corrected chi connectivity index (χ2v) is 5.77. The molecular weight excluding hydrogens is 304 g/mol. The zero-order valence-corrected chi connectivity index (χ0v) is 12.8. The van der Waals surface area contributed by atoms with Gasteiger partial charge in [-0.2, -0.15) is 0 Å². The molecule has 0 bridgehead atoms. The van der Waals surface area contributed by atoms with Gasteiger partial charge >= 0.3 is 0 Å². The third-order valence-electron chi connectivity index (χ3n) is 3.70.